The van der Waals surface area contributed by atoms with Crippen molar-refractivity contribution in [2.24, 2.45) is 0 Å². The van der Waals surface area contributed by atoms with E-state index in [4.69, 9.17) is 4.74 Å². The summed E-state index contributed by atoms with van der Waals surface area (Å²) in [5.41, 5.74) is 0.510. The van der Waals surface area contributed by atoms with E-state index >= 15 is 0 Å². The first-order valence-electron chi connectivity index (χ1n) is 10.1. The molecule has 0 aliphatic heterocycles. The average Bonchev–Trinajstić information content (AvgIpc) is 3.32. The van der Waals surface area contributed by atoms with E-state index in [1.165, 1.54) is 22.3 Å². The molecule has 0 saturated heterocycles. The molecular weight excluding hydrogens is 418 g/mol. The fraction of sp³-hybridized carbons (Fsp3) is 0.364. The number of nitrogens with one attached hydrogen (secondary N) is 2. The molecule has 1 saturated carbocycles. The van der Waals surface area contributed by atoms with Crippen LogP contribution in [-0.2, 0) is 9.53 Å². The van der Waals surface area contributed by atoms with E-state index in [0.29, 0.717) is 10.6 Å². The van der Waals surface area contributed by atoms with Crippen LogP contribution in [0.25, 0.3) is 0 Å². The second-order valence-electron chi connectivity index (χ2n) is 7.29. The van der Waals surface area contributed by atoms with Gasteiger partial charge in [-0.15, -0.1) is 11.3 Å². The van der Waals surface area contributed by atoms with Crippen LogP contribution in [0.15, 0.2) is 41.8 Å². The van der Waals surface area contributed by atoms with E-state index in [1.54, 1.807) is 42.8 Å². The highest BCUT2D eigenvalue weighted by molar-refractivity contribution is 7.12. The molecular formula is C22H25N3O5S. The minimum atomic E-state index is -0.760. The molecule has 9 heteroatoms. The van der Waals surface area contributed by atoms with Crippen molar-refractivity contribution in [2.45, 2.75) is 38.1 Å². The number of hydrogen-bond acceptors (Lipinski definition) is 6. The van der Waals surface area contributed by atoms with Crippen molar-refractivity contribution in [3.63, 3.8) is 0 Å². The minimum absolute atomic E-state index is 0.0624. The second-order valence-corrected chi connectivity index (χ2v) is 8.24. The number of carbonyl (C=O) groups excluding carboxylic acids is 4. The number of para-hydroxylation sites is 1. The topological polar surface area (TPSA) is 105 Å². The maximum atomic E-state index is 12.6. The van der Waals surface area contributed by atoms with Crippen LogP contribution in [0.1, 0.15) is 52.1 Å². The van der Waals surface area contributed by atoms with Crippen LogP contribution in [0, 0.1) is 0 Å². The van der Waals surface area contributed by atoms with Gasteiger partial charge in [0, 0.05) is 13.1 Å². The van der Waals surface area contributed by atoms with E-state index < -0.39 is 24.5 Å². The predicted octanol–water partition coefficient (Wildman–Crippen LogP) is 3.34. The molecule has 1 heterocycles. The fourth-order valence-electron chi connectivity index (χ4n) is 3.45. The largest absolute Gasteiger partial charge is 0.452 e. The molecule has 164 valence electrons. The molecule has 1 aliphatic carbocycles. The zero-order chi connectivity index (χ0) is 22.2. The standard InChI is InChI=1S/C22H25N3O5S/c1-25(20(27)18-12-7-13-31-18)17-11-6-5-10-16(17)21(28)30-14-19(26)24-22(29)23-15-8-3-2-4-9-15/h5-7,10-13,15H,2-4,8-9,14H2,1H3,(H2,23,24,26,29). The number of ether oxygens (including phenoxy) is 1. The van der Waals surface area contributed by atoms with Gasteiger partial charge in [0.15, 0.2) is 6.61 Å². The van der Waals surface area contributed by atoms with E-state index in [1.807, 2.05) is 0 Å². The first-order valence-corrected chi connectivity index (χ1v) is 11.0. The molecule has 31 heavy (non-hydrogen) atoms. The van der Waals surface area contributed by atoms with Crippen molar-refractivity contribution < 1.29 is 23.9 Å². The monoisotopic (exact) mass is 443 g/mol. The minimum Gasteiger partial charge on any atom is -0.452 e. The van der Waals surface area contributed by atoms with Crippen molar-refractivity contribution in [2.75, 3.05) is 18.6 Å². The third-order valence-corrected chi connectivity index (χ3v) is 5.91. The lowest BCUT2D eigenvalue weighted by molar-refractivity contribution is -0.123. The molecule has 1 aromatic heterocycles. The third-order valence-electron chi connectivity index (χ3n) is 5.05. The summed E-state index contributed by atoms with van der Waals surface area (Å²) in [4.78, 5) is 51.0. The Morgan fingerprint density at radius 3 is 2.52 bits per heavy atom. The van der Waals surface area contributed by atoms with Crippen molar-refractivity contribution in [3.05, 3.63) is 52.2 Å². The zero-order valence-corrected chi connectivity index (χ0v) is 18.1. The van der Waals surface area contributed by atoms with Gasteiger partial charge in [-0.3, -0.25) is 14.9 Å². The maximum Gasteiger partial charge on any atom is 0.340 e. The summed E-state index contributed by atoms with van der Waals surface area (Å²) in [5.74, 6) is -1.74. The Kier molecular flexibility index (Phi) is 7.77. The Labute approximate surface area is 184 Å². The molecule has 0 bridgehead atoms. The first kappa shape index (κ1) is 22.5. The maximum absolute atomic E-state index is 12.6. The summed E-state index contributed by atoms with van der Waals surface area (Å²) >= 11 is 1.30. The first-order chi connectivity index (χ1) is 15.0. The number of benzene rings is 1. The van der Waals surface area contributed by atoms with Crippen LogP contribution in [0.2, 0.25) is 0 Å². The molecule has 0 spiro atoms. The van der Waals surface area contributed by atoms with Crippen molar-refractivity contribution >= 4 is 40.8 Å². The summed E-state index contributed by atoms with van der Waals surface area (Å²) < 4.78 is 5.08. The number of carbonyl (C=O) groups is 4. The average molecular weight is 444 g/mol. The Balaban J connectivity index is 1.55. The summed E-state index contributed by atoms with van der Waals surface area (Å²) in [6.45, 7) is -0.603. The molecule has 0 unspecified atom stereocenters. The van der Waals surface area contributed by atoms with E-state index in [0.717, 1.165) is 32.1 Å². The van der Waals surface area contributed by atoms with Crippen LogP contribution in [-0.4, -0.2) is 43.5 Å². The fourth-order valence-corrected chi connectivity index (χ4v) is 4.15. The van der Waals surface area contributed by atoms with E-state index in [2.05, 4.69) is 10.6 Å². The quantitative estimate of drug-likeness (QED) is 0.667. The lowest BCUT2D eigenvalue weighted by Crippen LogP contribution is -2.46. The molecule has 3 rings (SSSR count). The van der Waals surface area contributed by atoms with Gasteiger partial charge in [0.25, 0.3) is 11.8 Å². The van der Waals surface area contributed by atoms with Gasteiger partial charge in [-0.05, 0) is 36.4 Å². The number of hydrogen-bond donors (Lipinski definition) is 2. The van der Waals surface area contributed by atoms with Crippen molar-refractivity contribution in [1.82, 2.24) is 10.6 Å². The number of imide groups is 1. The second kappa shape index (κ2) is 10.7. The van der Waals surface area contributed by atoms with Gasteiger partial charge in [-0.25, -0.2) is 9.59 Å². The smallest absolute Gasteiger partial charge is 0.340 e. The summed E-state index contributed by atoms with van der Waals surface area (Å²) in [6, 6.07) is 9.43. The van der Waals surface area contributed by atoms with Gasteiger partial charge < -0.3 is 15.0 Å². The summed E-state index contributed by atoms with van der Waals surface area (Å²) in [6.07, 6.45) is 5.05. The number of urea groups is 1. The molecule has 4 amide bonds. The van der Waals surface area contributed by atoms with Crippen LogP contribution in [0.4, 0.5) is 10.5 Å². The van der Waals surface area contributed by atoms with Crippen LogP contribution in [0.3, 0.4) is 0 Å². The Morgan fingerprint density at radius 2 is 1.81 bits per heavy atom. The number of anilines is 1. The van der Waals surface area contributed by atoms with Crippen LogP contribution < -0.4 is 15.5 Å². The van der Waals surface area contributed by atoms with Crippen molar-refractivity contribution in [3.8, 4) is 0 Å². The van der Waals surface area contributed by atoms with Crippen molar-refractivity contribution in [1.29, 1.82) is 0 Å². The molecule has 0 atom stereocenters. The number of rotatable bonds is 6. The molecule has 2 N–H and O–H groups in total. The van der Waals surface area contributed by atoms with Gasteiger partial charge in [-0.2, -0.15) is 0 Å². The lowest BCUT2D eigenvalue weighted by Gasteiger charge is -2.22. The Hall–Kier alpha value is -3.20. The Morgan fingerprint density at radius 1 is 1.06 bits per heavy atom. The summed E-state index contributed by atoms with van der Waals surface area (Å²) in [7, 11) is 1.57. The predicted molar refractivity (Wildman–Crippen MR) is 117 cm³/mol. The van der Waals surface area contributed by atoms with Gasteiger partial charge in [-0.1, -0.05) is 37.5 Å². The van der Waals surface area contributed by atoms with Crippen LogP contribution in [0.5, 0.6) is 0 Å². The number of amides is 4. The molecule has 2 aromatic rings. The molecule has 1 fully saturated rings. The Bertz CT molecular complexity index is 938. The highest BCUT2D eigenvalue weighted by Gasteiger charge is 2.22. The highest BCUT2D eigenvalue weighted by Crippen LogP contribution is 2.23. The SMILES string of the molecule is CN(C(=O)c1cccs1)c1ccccc1C(=O)OCC(=O)NC(=O)NC1CCCCC1. The highest BCUT2D eigenvalue weighted by atomic mass is 32.1. The van der Waals surface area contributed by atoms with Crippen LogP contribution >= 0.6 is 11.3 Å². The van der Waals surface area contributed by atoms with Gasteiger partial charge in [0.05, 0.1) is 16.1 Å². The molecule has 1 aliphatic rings. The lowest BCUT2D eigenvalue weighted by atomic mass is 9.96. The number of thiophene rings is 1. The normalized spacial score (nSPS) is 13.8. The van der Waals surface area contributed by atoms with Gasteiger partial charge in [0.2, 0.25) is 0 Å². The van der Waals surface area contributed by atoms with Gasteiger partial charge in [0.1, 0.15) is 0 Å². The third kappa shape index (κ3) is 6.14. The van der Waals surface area contributed by atoms with E-state index in [9.17, 15) is 19.2 Å². The molecule has 8 nitrogen and oxygen atoms in total. The molecule has 0 radical (unpaired) electrons. The van der Waals surface area contributed by atoms with E-state index in [-0.39, 0.29) is 17.5 Å². The zero-order valence-electron chi connectivity index (χ0n) is 17.3. The number of nitrogens with zero attached hydrogens (tertiary/aromatic N) is 1. The summed E-state index contributed by atoms with van der Waals surface area (Å²) in [5, 5.41) is 6.74. The van der Waals surface area contributed by atoms with Gasteiger partial charge >= 0.3 is 12.0 Å². The molecule has 1 aromatic carbocycles. The number of esters is 1.